The molecule has 0 fully saturated rings. The van der Waals surface area contributed by atoms with Gasteiger partial charge in [0.25, 0.3) is 5.91 Å². The second-order valence-corrected chi connectivity index (χ2v) is 6.09. The minimum atomic E-state index is -0.0272. The topological polar surface area (TPSA) is 41.6 Å². The van der Waals surface area contributed by atoms with Crippen LogP contribution in [-0.2, 0) is 4.79 Å². The van der Waals surface area contributed by atoms with E-state index in [1.54, 1.807) is 4.90 Å². The number of hydrogen-bond donors (Lipinski definition) is 1. The average Bonchev–Trinajstić information content (AvgIpc) is 2.39. The molecule has 0 aromatic heterocycles. The van der Waals surface area contributed by atoms with Crippen molar-refractivity contribution in [2.45, 2.75) is 26.3 Å². The lowest BCUT2D eigenvalue weighted by Gasteiger charge is -2.30. The lowest BCUT2D eigenvalue weighted by atomic mass is 10.1. The highest BCUT2D eigenvalue weighted by atomic mass is 16.5. The van der Waals surface area contributed by atoms with E-state index in [0.717, 1.165) is 17.0 Å². The van der Waals surface area contributed by atoms with Crippen molar-refractivity contribution in [3.63, 3.8) is 0 Å². The number of fused-ring (bicyclic) bond motifs is 1. The van der Waals surface area contributed by atoms with Crippen LogP contribution in [-0.4, -0.2) is 31.1 Å². The van der Waals surface area contributed by atoms with Crippen molar-refractivity contribution in [3.05, 3.63) is 36.4 Å². The van der Waals surface area contributed by atoms with Crippen molar-refractivity contribution in [1.29, 1.82) is 0 Å². The highest BCUT2D eigenvalue weighted by Crippen LogP contribution is 2.31. The van der Waals surface area contributed by atoms with Crippen molar-refractivity contribution >= 4 is 11.6 Å². The summed E-state index contributed by atoms with van der Waals surface area (Å²) in [6.07, 6.45) is 0. The molecule has 0 saturated carbocycles. The summed E-state index contributed by atoms with van der Waals surface area (Å²) in [6.45, 7) is 11.7. The Balaban J connectivity index is 2.05. The number of nitrogens with one attached hydrogen (secondary N) is 1. The maximum Gasteiger partial charge on any atom is 0.265 e. The molecule has 4 heteroatoms. The van der Waals surface area contributed by atoms with Gasteiger partial charge in [-0.2, -0.15) is 0 Å². The van der Waals surface area contributed by atoms with E-state index < -0.39 is 0 Å². The summed E-state index contributed by atoms with van der Waals surface area (Å²) < 4.78 is 5.43. The SMILES string of the molecule is C=C(CNC(C)(C)C)CN1C(=O)COc2ccccc21. The zero-order chi connectivity index (χ0) is 14.8. The Hall–Kier alpha value is -1.81. The minimum Gasteiger partial charge on any atom is -0.482 e. The van der Waals surface area contributed by atoms with Crippen molar-refractivity contribution in [1.82, 2.24) is 5.32 Å². The molecule has 1 amide bonds. The summed E-state index contributed by atoms with van der Waals surface area (Å²) in [4.78, 5) is 13.8. The van der Waals surface area contributed by atoms with E-state index in [9.17, 15) is 4.79 Å². The van der Waals surface area contributed by atoms with Crippen LogP contribution in [0.15, 0.2) is 36.4 Å². The molecule has 1 heterocycles. The van der Waals surface area contributed by atoms with Gasteiger partial charge in [-0.3, -0.25) is 4.79 Å². The zero-order valence-corrected chi connectivity index (χ0v) is 12.4. The number of carbonyl (C=O) groups excluding carboxylic acids is 1. The molecule has 4 nitrogen and oxygen atoms in total. The molecule has 0 atom stereocenters. The number of para-hydroxylation sites is 2. The van der Waals surface area contributed by atoms with Crippen LogP contribution in [0.1, 0.15) is 20.8 Å². The molecule has 0 saturated heterocycles. The van der Waals surface area contributed by atoms with Gasteiger partial charge in [0.1, 0.15) is 5.75 Å². The van der Waals surface area contributed by atoms with E-state index in [-0.39, 0.29) is 18.1 Å². The van der Waals surface area contributed by atoms with Crippen LogP contribution in [0.4, 0.5) is 5.69 Å². The molecule has 0 bridgehead atoms. The molecule has 0 radical (unpaired) electrons. The van der Waals surface area contributed by atoms with E-state index in [1.807, 2.05) is 24.3 Å². The van der Waals surface area contributed by atoms with Gasteiger partial charge in [0.2, 0.25) is 0 Å². The number of anilines is 1. The third kappa shape index (κ3) is 3.61. The first kappa shape index (κ1) is 14.6. The zero-order valence-electron chi connectivity index (χ0n) is 12.4. The molecule has 108 valence electrons. The molecule has 0 aliphatic carbocycles. The van der Waals surface area contributed by atoms with Crippen molar-refractivity contribution in [2.24, 2.45) is 0 Å². The van der Waals surface area contributed by atoms with Gasteiger partial charge < -0.3 is 15.0 Å². The van der Waals surface area contributed by atoms with Crippen molar-refractivity contribution in [3.8, 4) is 5.75 Å². The average molecular weight is 274 g/mol. The predicted molar refractivity (Wildman–Crippen MR) is 81.2 cm³/mol. The molecule has 1 aromatic rings. The normalized spacial score (nSPS) is 14.8. The van der Waals surface area contributed by atoms with Gasteiger partial charge in [0, 0.05) is 18.6 Å². The first-order valence-corrected chi connectivity index (χ1v) is 6.81. The Bertz CT molecular complexity index is 517. The lowest BCUT2D eigenvalue weighted by Crippen LogP contribution is -2.42. The van der Waals surface area contributed by atoms with Crippen LogP contribution in [0, 0.1) is 0 Å². The van der Waals surface area contributed by atoms with Crippen LogP contribution >= 0.6 is 0 Å². The van der Waals surface area contributed by atoms with E-state index >= 15 is 0 Å². The number of amides is 1. The van der Waals surface area contributed by atoms with E-state index in [2.05, 4.69) is 32.7 Å². The van der Waals surface area contributed by atoms with Crippen LogP contribution in [0.3, 0.4) is 0 Å². The van der Waals surface area contributed by atoms with Gasteiger partial charge in [0.15, 0.2) is 6.61 Å². The quantitative estimate of drug-likeness (QED) is 0.857. The fourth-order valence-corrected chi connectivity index (χ4v) is 2.00. The molecule has 1 aromatic carbocycles. The summed E-state index contributed by atoms with van der Waals surface area (Å²) in [6, 6.07) is 7.59. The Labute approximate surface area is 120 Å². The number of benzene rings is 1. The van der Waals surface area contributed by atoms with Gasteiger partial charge in [-0.1, -0.05) is 18.7 Å². The molecule has 2 rings (SSSR count). The smallest absolute Gasteiger partial charge is 0.265 e. The highest BCUT2D eigenvalue weighted by molar-refractivity contribution is 5.98. The number of ether oxygens (including phenoxy) is 1. The predicted octanol–water partition coefficient (Wildman–Crippen LogP) is 2.36. The minimum absolute atomic E-state index is 0.0272. The Morgan fingerprint density at radius 3 is 2.80 bits per heavy atom. The van der Waals surface area contributed by atoms with Gasteiger partial charge in [-0.15, -0.1) is 0 Å². The summed E-state index contributed by atoms with van der Waals surface area (Å²) >= 11 is 0. The number of rotatable bonds is 4. The maximum absolute atomic E-state index is 12.0. The molecule has 20 heavy (non-hydrogen) atoms. The van der Waals surface area contributed by atoms with E-state index in [0.29, 0.717) is 13.1 Å². The molecular formula is C16H22N2O2. The second-order valence-electron chi connectivity index (χ2n) is 6.09. The molecule has 1 aliphatic rings. The third-order valence-electron chi connectivity index (χ3n) is 3.06. The number of carbonyl (C=O) groups is 1. The third-order valence-corrected chi connectivity index (χ3v) is 3.06. The summed E-state index contributed by atoms with van der Waals surface area (Å²) in [5.74, 6) is 0.726. The number of hydrogen-bond acceptors (Lipinski definition) is 3. The maximum atomic E-state index is 12.0. The molecule has 1 N–H and O–H groups in total. The van der Waals surface area contributed by atoms with Gasteiger partial charge in [-0.25, -0.2) is 0 Å². The fraction of sp³-hybridized carbons (Fsp3) is 0.438. The molecular weight excluding hydrogens is 252 g/mol. The van der Waals surface area contributed by atoms with E-state index in [4.69, 9.17) is 4.74 Å². The van der Waals surface area contributed by atoms with Crippen LogP contribution in [0.5, 0.6) is 5.75 Å². The Morgan fingerprint density at radius 1 is 1.40 bits per heavy atom. The monoisotopic (exact) mass is 274 g/mol. The van der Waals surface area contributed by atoms with Crippen LogP contribution < -0.4 is 15.0 Å². The lowest BCUT2D eigenvalue weighted by molar-refractivity contribution is -0.121. The summed E-state index contributed by atoms with van der Waals surface area (Å²) in [5, 5.41) is 3.38. The fourth-order valence-electron chi connectivity index (χ4n) is 2.00. The summed E-state index contributed by atoms with van der Waals surface area (Å²) in [7, 11) is 0. The van der Waals surface area contributed by atoms with Gasteiger partial charge >= 0.3 is 0 Å². The Morgan fingerprint density at radius 2 is 2.10 bits per heavy atom. The number of nitrogens with zero attached hydrogens (tertiary/aromatic N) is 1. The molecule has 0 spiro atoms. The first-order chi connectivity index (χ1) is 9.37. The molecule has 0 unspecified atom stereocenters. The van der Waals surface area contributed by atoms with Crippen LogP contribution in [0.2, 0.25) is 0 Å². The Kier molecular flexibility index (Phi) is 4.14. The van der Waals surface area contributed by atoms with Crippen molar-refractivity contribution < 1.29 is 9.53 Å². The van der Waals surface area contributed by atoms with Crippen molar-refractivity contribution in [2.75, 3.05) is 24.6 Å². The van der Waals surface area contributed by atoms with Crippen LogP contribution in [0.25, 0.3) is 0 Å². The molecule has 1 aliphatic heterocycles. The second kappa shape index (κ2) is 5.67. The van der Waals surface area contributed by atoms with E-state index in [1.165, 1.54) is 0 Å². The highest BCUT2D eigenvalue weighted by Gasteiger charge is 2.25. The standard InChI is InChI=1S/C16H22N2O2/c1-12(9-17-16(2,3)4)10-18-13-7-5-6-8-14(13)20-11-15(18)19/h5-8,17H,1,9-11H2,2-4H3. The summed E-state index contributed by atoms with van der Waals surface area (Å²) in [5.41, 5.74) is 1.83. The first-order valence-electron chi connectivity index (χ1n) is 6.81. The van der Waals surface area contributed by atoms with Gasteiger partial charge in [-0.05, 0) is 38.5 Å². The van der Waals surface area contributed by atoms with Gasteiger partial charge in [0.05, 0.1) is 5.69 Å². The largest absolute Gasteiger partial charge is 0.482 e.